The molecule has 10 heteroatoms. The van der Waals surface area contributed by atoms with Crippen LogP contribution < -0.4 is 5.56 Å². The first-order valence-electron chi connectivity index (χ1n) is 8.24. The van der Waals surface area contributed by atoms with Crippen molar-refractivity contribution >= 4 is 28.5 Å². The molecule has 0 saturated heterocycles. The molecule has 1 unspecified atom stereocenters. The monoisotopic (exact) mass is 386 g/mol. The van der Waals surface area contributed by atoms with Gasteiger partial charge >= 0.3 is 11.4 Å². The van der Waals surface area contributed by atoms with Crippen LogP contribution in [0, 0.1) is 21.4 Å². The van der Waals surface area contributed by atoms with Gasteiger partial charge in [0.2, 0.25) is 0 Å². The van der Waals surface area contributed by atoms with E-state index in [2.05, 4.69) is 10.1 Å². The minimum Gasteiger partial charge on any atom is -0.358 e. The molecule has 0 bridgehead atoms. The molecule has 0 fully saturated rings. The summed E-state index contributed by atoms with van der Waals surface area (Å²) in [5.74, 6) is -1.55. The lowest BCUT2D eigenvalue weighted by atomic mass is 10.0. The fraction of sp³-hybridized carbons (Fsp3) is 0.294. The Hall–Kier alpha value is -3.25. The lowest BCUT2D eigenvalue weighted by molar-refractivity contribution is -0.391. The van der Waals surface area contributed by atoms with Crippen LogP contribution in [-0.2, 0) is 13.1 Å². The Morgan fingerprint density at radius 3 is 2.63 bits per heavy atom. The van der Waals surface area contributed by atoms with Gasteiger partial charge in [0.1, 0.15) is 22.3 Å². The Morgan fingerprint density at radius 1 is 1.33 bits per heavy atom. The molecule has 9 nitrogen and oxygen atoms in total. The summed E-state index contributed by atoms with van der Waals surface area (Å²) in [5, 5.41) is 24.8. The predicted molar refractivity (Wildman–Crippen MR) is 98.7 cm³/mol. The molecule has 3 rings (SSSR count). The molecule has 0 radical (unpaired) electrons. The van der Waals surface area contributed by atoms with Crippen molar-refractivity contribution in [3.05, 3.63) is 61.1 Å². The molecular weight excluding hydrogens is 372 g/mol. The van der Waals surface area contributed by atoms with Crippen molar-refractivity contribution < 1.29 is 4.92 Å². The zero-order valence-corrected chi connectivity index (χ0v) is 15.3. The zero-order chi connectivity index (χ0) is 19.7. The second-order valence-electron chi connectivity index (χ2n) is 5.69. The van der Waals surface area contributed by atoms with Crippen LogP contribution in [0.15, 0.2) is 29.1 Å². The number of benzene rings is 1. The number of imidazole rings is 1. The number of fused-ring (bicyclic) bond motifs is 1. The van der Waals surface area contributed by atoms with Crippen molar-refractivity contribution in [2.45, 2.75) is 32.9 Å². The van der Waals surface area contributed by atoms with Crippen molar-refractivity contribution in [1.82, 2.24) is 19.3 Å². The molecule has 0 saturated carbocycles. The molecule has 0 aliphatic rings. The Balaban J connectivity index is 2.36. The van der Waals surface area contributed by atoms with Crippen molar-refractivity contribution in [3.8, 4) is 6.07 Å². The van der Waals surface area contributed by atoms with Crippen LogP contribution in [0.5, 0.6) is 0 Å². The van der Waals surface area contributed by atoms with E-state index in [0.29, 0.717) is 12.1 Å². The van der Waals surface area contributed by atoms with Crippen molar-refractivity contribution in [3.63, 3.8) is 0 Å². The largest absolute Gasteiger partial charge is 0.395 e. The average Bonchev–Trinajstić information content (AvgIpc) is 3.03. The highest BCUT2D eigenvalue weighted by atomic mass is 35.5. The molecular formula is C17H15ClN6O3. The van der Waals surface area contributed by atoms with E-state index in [1.54, 1.807) is 23.6 Å². The number of nitrogens with zero attached hydrogens (tertiary/aromatic N) is 6. The number of aryl methyl sites for hydroxylation is 2. The van der Waals surface area contributed by atoms with Gasteiger partial charge < -0.3 is 14.7 Å². The lowest BCUT2D eigenvalue weighted by Gasteiger charge is -2.13. The number of rotatable bonds is 5. The number of aromatic nitrogens is 4. The van der Waals surface area contributed by atoms with Crippen LogP contribution in [0.1, 0.15) is 31.2 Å². The number of hydrogen-bond acceptors (Lipinski definition) is 6. The van der Waals surface area contributed by atoms with Gasteiger partial charge in [-0.1, -0.05) is 23.7 Å². The normalized spacial score (nSPS) is 12.1. The molecule has 2 aromatic heterocycles. The average molecular weight is 387 g/mol. The summed E-state index contributed by atoms with van der Waals surface area (Å²) in [6.45, 7) is 4.09. The van der Waals surface area contributed by atoms with E-state index in [-0.39, 0.29) is 23.0 Å². The SMILES string of the molecule is CCn1nc([N+](=O)[O-])c(C(C#N)c2nc3ccccc3n2CC)c(Cl)c1=O. The minimum absolute atomic E-state index is 0.115. The molecule has 0 aliphatic carbocycles. The number of halogens is 1. The van der Waals surface area contributed by atoms with Gasteiger partial charge in [0.15, 0.2) is 0 Å². The van der Waals surface area contributed by atoms with Gasteiger partial charge in [-0.2, -0.15) is 5.26 Å². The van der Waals surface area contributed by atoms with Crippen LogP contribution in [0.2, 0.25) is 5.02 Å². The standard InChI is InChI=1S/C17H15ClN6O3/c1-3-22-12-8-6-5-7-11(12)20-15(22)10(9-19)13-14(18)17(25)23(4-2)21-16(13)24(26)27/h5-8,10H,3-4H2,1-2H3. The summed E-state index contributed by atoms with van der Waals surface area (Å²) in [6.07, 6.45) is 0. The highest BCUT2D eigenvalue weighted by molar-refractivity contribution is 6.31. The fourth-order valence-corrected chi connectivity index (χ4v) is 3.33. The maximum absolute atomic E-state index is 12.4. The fourth-order valence-electron chi connectivity index (χ4n) is 3.04. The van der Waals surface area contributed by atoms with E-state index < -0.39 is 22.2 Å². The number of para-hydroxylation sites is 2. The van der Waals surface area contributed by atoms with Crippen molar-refractivity contribution in [2.75, 3.05) is 0 Å². The molecule has 2 heterocycles. The molecule has 0 aliphatic heterocycles. The van der Waals surface area contributed by atoms with Gasteiger partial charge in [-0.3, -0.25) is 4.79 Å². The lowest BCUT2D eigenvalue weighted by Crippen LogP contribution is -2.27. The zero-order valence-electron chi connectivity index (χ0n) is 14.6. The van der Waals surface area contributed by atoms with Gasteiger partial charge in [0.25, 0.3) is 0 Å². The molecule has 0 amide bonds. The second kappa shape index (κ2) is 7.17. The Bertz CT molecular complexity index is 1140. The van der Waals surface area contributed by atoms with Gasteiger partial charge in [-0.25, -0.2) is 4.98 Å². The summed E-state index contributed by atoms with van der Waals surface area (Å²) in [7, 11) is 0. The number of nitro groups is 1. The molecule has 0 N–H and O–H groups in total. The second-order valence-corrected chi connectivity index (χ2v) is 6.07. The van der Waals surface area contributed by atoms with Gasteiger partial charge in [-0.15, -0.1) is 4.68 Å². The first-order valence-corrected chi connectivity index (χ1v) is 8.62. The summed E-state index contributed by atoms with van der Waals surface area (Å²) >= 11 is 6.18. The summed E-state index contributed by atoms with van der Waals surface area (Å²) in [4.78, 5) is 27.7. The first-order chi connectivity index (χ1) is 12.9. The smallest absolute Gasteiger partial charge is 0.358 e. The van der Waals surface area contributed by atoms with E-state index in [0.717, 1.165) is 10.2 Å². The van der Waals surface area contributed by atoms with Crippen LogP contribution >= 0.6 is 11.6 Å². The summed E-state index contributed by atoms with van der Waals surface area (Å²) < 4.78 is 2.68. The van der Waals surface area contributed by atoms with E-state index in [9.17, 15) is 20.2 Å². The van der Waals surface area contributed by atoms with Gasteiger partial charge in [0, 0.05) is 6.54 Å². The quantitative estimate of drug-likeness (QED) is 0.491. The Labute approximate surface area is 158 Å². The third-order valence-electron chi connectivity index (χ3n) is 4.26. The summed E-state index contributed by atoms with van der Waals surface area (Å²) in [5.41, 5.74) is 0.509. The maximum Gasteiger partial charge on any atom is 0.395 e. The molecule has 3 aromatic rings. The van der Waals surface area contributed by atoms with Crippen LogP contribution in [0.25, 0.3) is 11.0 Å². The number of nitriles is 1. The van der Waals surface area contributed by atoms with Crippen LogP contribution in [-0.4, -0.2) is 24.3 Å². The molecule has 0 spiro atoms. The third kappa shape index (κ3) is 2.94. The first kappa shape index (κ1) is 18.5. The van der Waals surface area contributed by atoms with E-state index in [4.69, 9.17) is 11.6 Å². The highest BCUT2D eigenvalue weighted by Crippen LogP contribution is 2.34. The molecule has 1 aromatic carbocycles. The molecule has 138 valence electrons. The van der Waals surface area contributed by atoms with Gasteiger partial charge in [-0.05, 0) is 30.9 Å². The summed E-state index contributed by atoms with van der Waals surface area (Å²) in [6, 6.07) is 9.27. The minimum atomic E-state index is -1.21. The predicted octanol–water partition coefficient (Wildman–Crippen LogP) is 2.85. The number of hydrogen-bond donors (Lipinski definition) is 0. The Morgan fingerprint density at radius 2 is 2.04 bits per heavy atom. The van der Waals surface area contributed by atoms with Gasteiger partial charge in [0.05, 0.1) is 28.7 Å². The van der Waals surface area contributed by atoms with E-state index in [1.165, 1.54) is 0 Å². The van der Waals surface area contributed by atoms with Crippen LogP contribution in [0.3, 0.4) is 0 Å². The van der Waals surface area contributed by atoms with Crippen LogP contribution in [0.4, 0.5) is 5.82 Å². The van der Waals surface area contributed by atoms with E-state index in [1.807, 2.05) is 25.1 Å². The van der Waals surface area contributed by atoms with Crippen molar-refractivity contribution in [2.24, 2.45) is 0 Å². The molecule has 1 atom stereocenters. The molecule has 27 heavy (non-hydrogen) atoms. The topological polar surface area (TPSA) is 120 Å². The Kier molecular flexibility index (Phi) is 4.92. The maximum atomic E-state index is 12.4. The van der Waals surface area contributed by atoms with E-state index >= 15 is 0 Å². The third-order valence-corrected chi connectivity index (χ3v) is 4.63. The highest BCUT2D eigenvalue weighted by Gasteiger charge is 2.34. The van der Waals surface area contributed by atoms with Crippen molar-refractivity contribution in [1.29, 1.82) is 5.26 Å².